The van der Waals surface area contributed by atoms with Crippen LogP contribution >= 0.6 is 0 Å². The van der Waals surface area contributed by atoms with E-state index in [2.05, 4.69) is 11.4 Å². The van der Waals surface area contributed by atoms with E-state index in [1.165, 1.54) is 0 Å². The van der Waals surface area contributed by atoms with Crippen molar-refractivity contribution < 1.29 is 9.47 Å². The van der Waals surface area contributed by atoms with E-state index >= 15 is 0 Å². The number of ether oxygens (including phenoxy) is 2. The molecule has 0 aliphatic carbocycles. The first-order valence-corrected chi connectivity index (χ1v) is 6.65. The number of nitrogens with one attached hydrogen (secondary N) is 1. The normalized spacial score (nSPS) is 10.3. The highest BCUT2D eigenvalue weighted by Gasteiger charge is 2.08. The van der Waals surface area contributed by atoms with Crippen LogP contribution in [0.5, 0.6) is 0 Å². The van der Waals surface area contributed by atoms with Crippen LogP contribution in [-0.4, -0.2) is 47.6 Å². The van der Waals surface area contributed by atoms with Crippen LogP contribution < -0.4 is 10.2 Å². The van der Waals surface area contributed by atoms with Crippen LogP contribution in [0.3, 0.4) is 0 Å². The number of methoxy groups -OCH3 is 2. The highest BCUT2D eigenvalue weighted by Crippen LogP contribution is 2.20. The lowest BCUT2D eigenvalue weighted by molar-refractivity contribution is 0.199. The zero-order valence-corrected chi connectivity index (χ0v) is 12.5. The second kappa shape index (κ2) is 9.32. The van der Waals surface area contributed by atoms with Crippen molar-refractivity contribution in [2.75, 3.05) is 52.5 Å². The van der Waals surface area contributed by atoms with Crippen molar-refractivity contribution in [2.45, 2.75) is 6.54 Å². The maximum absolute atomic E-state index is 9.28. The molecule has 0 spiro atoms. The smallest absolute Gasteiger partial charge is 0.101 e. The van der Waals surface area contributed by atoms with Gasteiger partial charge in [0, 0.05) is 40.9 Å². The van der Waals surface area contributed by atoms with E-state index < -0.39 is 0 Å². The summed E-state index contributed by atoms with van der Waals surface area (Å²) in [5.74, 6) is 0. The molecule has 0 bridgehead atoms. The monoisotopic (exact) mass is 277 g/mol. The summed E-state index contributed by atoms with van der Waals surface area (Å²) in [4.78, 5) is 2.03. The van der Waals surface area contributed by atoms with E-state index in [1.54, 1.807) is 14.2 Å². The molecule has 1 aromatic rings. The molecule has 5 nitrogen and oxygen atoms in total. The van der Waals surface area contributed by atoms with Gasteiger partial charge in [-0.1, -0.05) is 6.07 Å². The molecule has 0 fully saturated rings. The number of likely N-dealkylation sites (N-methyl/N-ethyl adjacent to an activating group) is 1. The largest absolute Gasteiger partial charge is 0.383 e. The quantitative estimate of drug-likeness (QED) is 0.691. The molecule has 1 rings (SSSR count). The molecule has 0 saturated carbocycles. The van der Waals surface area contributed by atoms with E-state index in [1.807, 2.05) is 30.1 Å². The summed E-state index contributed by atoms with van der Waals surface area (Å²) in [7, 11) is 5.32. The molecular formula is C15H23N3O2. The topological polar surface area (TPSA) is 57.5 Å². The van der Waals surface area contributed by atoms with Gasteiger partial charge in [-0.2, -0.15) is 5.26 Å². The fourth-order valence-electron chi connectivity index (χ4n) is 1.87. The Morgan fingerprint density at radius 1 is 1.25 bits per heavy atom. The Morgan fingerprint density at radius 3 is 2.65 bits per heavy atom. The zero-order chi connectivity index (χ0) is 14.8. The van der Waals surface area contributed by atoms with E-state index in [0.29, 0.717) is 18.8 Å². The van der Waals surface area contributed by atoms with E-state index in [9.17, 15) is 5.26 Å². The van der Waals surface area contributed by atoms with E-state index in [0.717, 1.165) is 30.9 Å². The molecule has 0 amide bonds. The van der Waals surface area contributed by atoms with Crippen molar-refractivity contribution in [1.29, 1.82) is 5.26 Å². The predicted molar refractivity (Wildman–Crippen MR) is 79.9 cm³/mol. The standard InChI is InChI=1S/C15H23N3O2/c1-18(7-9-20-3)15-5-4-13(10-14(15)11-16)12-17-6-8-19-2/h4-5,10,17H,6-9,12H2,1-3H3. The minimum atomic E-state index is 0.641. The summed E-state index contributed by atoms with van der Waals surface area (Å²) in [6.45, 7) is 3.62. The van der Waals surface area contributed by atoms with Crippen molar-refractivity contribution in [3.05, 3.63) is 29.3 Å². The second-order valence-corrected chi connectivity index (χ2v) is 4.55. The van der Waals surface area contributed by atoms with Gasteiger partial charge in [-0.25, -0.2) is 0 Å². The number of hydrogen-bond donors (Lipinski definition) is 1. The molecule has 0 saturated heterocycles. The van der Waals surface area contributed by atoms with E-state index in [-0.39, 0.29) is 0 Å². The Kier molecular flexibility index (Phi) is 7.66. The SMILES string of the molecule is COCCNCc1ccc(N(C)CCOC)c(C#N)c1. The molecule has 20 heavy (non-hydrogen) atoms. The molecule has 0 aromatic heterocycles. The number of benzene rings is 1. The van der Waals surface area contributed by atoms with Gasteiger partial charge in [0.05, 0.1) is 24.5 Å². The fraction of sp³-hybridized carbons (Fsp3) is 0.533. The van der Waals surface area contributed by atoms with Gasteiger partial charge < -0.3 is 19.7 Å². The Balaban J connectivity index is 2.68. The number of nitriles is 1. The summed E-state index contributed by atoms with van der Waals surface area (Å²) in [5, 5.41) is 12.5. The Morgan fingerprint density at radius 2 is 2.00 bits per heavy atom. The van der Waals surface area contributed by atoms with Gasteiger partial charge in [-0.15, -0.1) is 0 Å². The van der Waals surface area contributed by atoms with Crippen molar-refractivity contribution in [3.63, 3.8) is 0 Å². The molecule has 0 radical (unpaired) electrons. The van der Waals surface area contributed by atoms with Gasteiger partial charge >= 0.3 is 0 Å². The number of nitrogens with zero attached hydrogens (tertiary/aromatic N) is 2. The van der Waals surface area contributed by atoms with Crippen LogP contribution in [-0.2, 0) is 16.0 Å². The van der Waals surface area contributed by atoms with Gasteiger partial charge in [0.15, 0.2) is 0 Å². The number of hydrogen-bond acceptors (Lipinski definition) is 5. The molecule has 0 heterocycles. The van der Waals surface area contributed by atoms with Crippen LogP contribution in [0.15, 0.2) is 18.2 Å². The van der Waals surface area contributed by atoms with Crippen molar-refractivity contribution in [1.82, 2.24) is 5.32 Å². The fourth-order valence-corrected chi connectivity index (χ4v) is 1.87. The third kappa shape index (κ3) is 5.17. The van der Waals surface area contributed by atoms with Crippen LogP contribution in [0.25, 0.3) is 0 Å². The average molecular weight is 277 g/mol. The summed E-state index contributed by atoms with van der Waals surface area (Å²) in [6, 6.07) is 8.22. The predicted octanol–water partition coefficient (Wildman–Crippen LogP) is 1.38. The van der Waals surface area contributed by atoms with Gasteiger partial charge in [0.25, 0.3) is 0 Å². The molecule has 0 atom stereocenters. The van der Waals surface area contributed by atoms with Crippen LogP contribution in [0, 0.1) is 11.3 Å². The Bertz CT molecular complexity index is 443. The molecular weight excluding hydrogens is 254 g/mol. The third-order valence-corrected chi connectivity index (χ3v) is 3.04. The first-order valence-electron chi connectivity index (χ1n) is 6.65. The summed E-state index contributed by atoms with van der Waals surface area (Å²) >= 11 is 0. The minimum absolute atomic E-state index is 0.641. The van der Waals surface area contributed by atoms with Crippen LogP contribution in [0.4, 0.5) is 5.69 Å². The summed E-state index contributed by atoms with van der Waals surface area (Å²) in [6.07, 6.45) is 0. The van der Waals surface area contributed by atoms with E-state index in [4.69, 9.17) is 9.47 Å². The molecule has 1 N–H and O–H groups in total. The minimum Gasteiger partial charge on any atom is -0.383 e. The second-order valence-electron chi connectivity index (χ2n) is 4.55. The molecule has 5 heteroatoms. The number of anilines is 1. The Labute approximate surface area is 121 Å². The highest BCUT2D eigenvalue weighted by molar-refractivity contribution is 5.60. The Hall–Kier alpha value is -1.61. The molecule has 0 aliphatic rings. The van der Waals surface area contributed by atoms with Gasteiger partial charge in [0.1, 0.15) is 6.07 Å². The van der Waals surface area contributed by atoms with Crippen molar-refractivity contribution >= 4 is 5.69 Å². The van der Waals surface area contributed by atoms with Gasteiger partial charge in [0.2, 0.25) is 0 Å². The summed E-state index contributed by atoms with van der Waals surface area (Å²) in [5.41, 5.74) is 2.72. The first-order chi connectivity index (χ1) is 9.72. The average Bonchev–Trinajstić information content (AvgIpc) is 2.49. The maximum atomic E-state index is 9.28. The van der Waals surface area contributed by atoms with Gasteiger partial charge in [-0.05, 0) is 17.7 Å². The zero-order valence-electron chi connectivity index (χ0n) is 12.5. The third-order valence-electron chi connectivity index (χ3n) is 3.04. The molecule has 0 aliphatic heterocycles. The molecule has 0 unspecified atom stereocenters. The van der Waals surface area contributed by atoms with Crippen LogP contribution in [0.2, 0.25) is 0 Å². The number of rotatable bonds is 9. The molecule has 110 valence electrons. The lowest BCUT2D eigenvalue weighted by Gasteiger charge is -2.20. The van der Waals surface area contributed by atoms with Crippen molar-refractivity contribution in [3.8, 4) is 6.07 Å². The molecule has 1 aromatic carbocycles. The maximum Gasteiger partial charge on any atom is 0.101 e. The van der Waals surface area contributed by atoms with Crippen molar-refractivity contribution in [2.24, 2.45) is 0 Å². The highest BCUT2D eigenvalue weighted by atomic mass is 16.5. The van der Waals surface area contributed by atoms with Gasteiger partial charge in [-0.3, -0.25) is 0 Å². The lowest BCUT2D eigenvalue weighted by Crippen LogP contribution is -2.23. The van der Waals surface area contributed by atoms with Crippen LogP contribution in [0.1, 0.15) is 11.1 Å². The lowest BCUT2D eigenvalue weighted by atomic mass is 10.1. The first kappa shape index (κ1) is 16.4. The summed E-state index contributed by atoms with van der Waals surface area (Å²) < 4.78 is 10.0.